The van der Waals surface area contributed by atoms with E-state index in [-0.39, 0.29) is 25.0 Å². The van der Waals surface area contributed by atoms with E-state index in [2.05, 4.69) is 25.6 Å². The predicted molar refractivity (Wildman–Crippen MR) is 94.2 cm³/mol. The van der Waals surface area contributed by atoms with Crippen LogP contribution in [0.1, 0.15) is 30.1 Å². The summed E-state index contributed by atoms with van der Waals surface area (Å²) in [6.07, 6.45) is 7.59. The molecule has 27 heavy (non-hydrogen) atoms. The molecule has 9 heteroatoms. The molecular weight excluding hydrogens is 348 g/mol. The average molecular weight is 366 g/mol. The lowest BCUT2D eigenvalue weighted by Gasteiger charge is -2.26. The molecule has 1 aliphatic carbocycles. The summed E-state index contributed by atoms with van der Waals surface area (Å²) in [6, 6.07) is 2.96. The maximum absolute atomic E-state index is 12.3. The highest BCUT2D eigenvalue weighted by atomic mass is 16.2. The number of nitrogens with zero attached hydrogens (tertiary/aromatic N) is 4. The zero-order valence-corrected chi connectivity index (χ0v) is 14.5. The van der Waals surface area contributed by atoms with Crippen molar-refractivity contribution in [3.05, 3.63) is 42.0 Å². The van der Waals surface area contributed by atoms with Crippen LogP contribution < -0.4 is 10.6 Å². The third kappa shape index (κ3) is 3.48. The van der Waals surface area contributed by atoms with Crippen LogP contribution >= 0.6 is 0 Å². The largest absolute Gasteiger partial charge is 0.348 e. The van der Waals surface area contributed by atoms with Crippen molar-refractivity contribution < 1.29 is 14.4 Å². The molecule has 9 nitrogen and oxygen atoms in total. The number of pyridine rings is 1. The number of carbonyl (C=O) groups is 3. The molecule has 0 saturated carbocycles. The Morgan fingerprint density at radius 3 is 2.96 bits per heavy atom. The average Bonchev–Trinajstić information content (AvgIpc) is 3.00. The van der Waals surface area contributed by atoms with Gasteiger partial charge in [-0.2, -0.15) is 0 Å². The van der Waals surface area contributed by atoms with Crippen molar-refractivity contribution in [2.75, 3.05) is 13.1 Å². The molecule has 2 aromatic heterocycles. The number of carbonyl (C=O) groups excluding carboxylic acids is 3. The van der Waals surface area contributed by atoms with Crippen molar-refractivity contribution >= 4 is 17.8 Å². The lowest BCUT2D eigenvalue weighted by atomic mass is 9.92. The summed E-state index contributed by atoms with van der Waals surface area (Å²) < 4.78 is 0. The number of imide groups is 1. The van der Waals surface area contributed by atoms with E-state index >= 15 is 0 Å². The monoisotopic (exact) mass is 366 g/mol. The lowest BCUT2D eigenvalue weighted by molar-refractivity contribution is -0.131. The molecule has 1 saturated heterocycles. The Morgan fingerprint density at radius 1 is 1.33 bits per heavy atom. The number of fused-ring (bicyclic) bond motifs is 1. The molecule has 2 aliphatic rings. The van der Waals surface area contributed by atoms with E-state index in [1.54, 1.807) is 18.6 Å². The highest BCUT2D eigenvalue weighted by Gasteiger charge is 2.31. The van der Waals surface area contributed by atoms with Gasteiger partial charge in [-0.05, 0) is 31.4 Å². The first-order chi connectivity index (χ1) is 13.1. The van der Waals surface area contributed by atoms with Crippen molar-refractivity contribution in [3.8, 4) is 11.4 Å². The van der Waals surface area contributed by atoms with Crippen LogP contribution in [0.25, 0.3) is 11.4 Å². The second-order valence-corrected chi connectivity index (χ2v) is 6.49. The van der Waals surface area contributed by atoms with Gasteiger partial charge >= 0.3 is 6.03 Å². The normalized spacial score (nSPS) is 18.8. The molecule has 0 aromatic carbocycles. The van der Waals surface area contributed by atoms with Gasteiger partial charge in [-0.1, -0.05) is 0 Å². The van der Waals surface area contributed by atoms with Gasteiger partial charge in [0.1, 0.15) is 6.54 Å². The highest BCUT2D eigenvalue weighted by molar-refractivity contribution is 6.04. The molecule has 0 bridgehead atoms. The molecular formula is C18H18N6O3. The van der Waals surface area contributed by atoms with Crippen LogP contribution in [-0.4, -0.2) is 50.8 Å². The fraction of sp³-hybridized carbons (Fsp3) is 0.333. The summed E-state index contributed by atoms with van der Waals surface area (Å²) in [6.45, 7) is -0.353. The number of rotatable bonds is 4. The topological polar surface area (TPSA) is 117 Å². The van der Waals surface area contributed by atoms with Crippen molar-refractivity contribution in [3.63, 3.8) is 0 Å². The Hall–Kier alpha value is -3.36. The van der Waals surface area contributed by atoms with Gasteiger partial charge in [-0.15, -0.1) is 0 Å². The van der Waals surface area contributed by atoms with Gasteiger partial charge in [0.2, 0.25) is 5.91 Å². The van der Waals surface area contributed by atoms with Gasteiger partial charge in [0.25, 0.3) is 5.91 Å². The van der Waals surface area contributed by atoms with E-state index in [0.29, 0.717) is 5.82 Å². The molecule has 2 N–H and O–H groups in total. The van der Waals surface area contributed by atoms with Gasteiger partial charge in [0.05, 0.1) is 12.6 Å². The molecule has 3 heterocycles. The van der Waals surface area contributed by atoms with Gasteiger partial charge in [-0.3, -0.25) is 19.5 Å². The molecule has 1 fully saturated rings. The Bertz CT molecular complexity index is 885. The van der Waals surface area contributed by atoms with Gasteiger partial charge in [-0.25, -0.2) is 14.8 Å². The number of aryl methyl sites for hydroxylation is 1. The first-order valence-electron chi connectivity index (χ1n) is 8.75. The van der Waals surface area contributed by atoms with E-state index < -0.39 is 11.9 Å². The molecule has 4 rings (SSSR count). The Balaban J connectivity index is 1.49. The number of hydrogen-bond donors (Lipinski definition) is 2. The minimum Gasteiger partial charge on any atom is -0.348 e. The summed E-state index contributed by atoms with van der Waals surface area (Å²) in [5.41, 5.74) is 2.61. The summed E-state index contributed by atoms with van der Waals surface area (Å²) in [5.74, 6) is -0.175. The fourth-order valence-corrected chi connectivity index (χ4v) is 3.33. The number of amides is 4. The third-order valence-corrected chi connectivity index (χ3v) is 4.68. The summed E-state index contributed by atoms with van der Waals surface area (Å²) in [4.78, 5) is 49.6. The maximum Gasteiger partial charge on any atom is 0.325 e. The van der Waals surface area contributed by atoms with Crippen LogP contribution in [-0.2, 0) is 16.0 Å². The molecule has 1 atom stereocenters. The van der Waals surface area contributed by atoms with E-state index in [1.807, 2.05) is 12.1 Å². The molecule has 0 spiro atoms. The van der Waals surface area contributed by atoms with Crippen molar-refractivity contribution in [2.45, 2.75) is 25.3 Å². The minimum atomic E-state index is -0.538. The fourth-order valence-electron chi connectivity index (χ4n) is 3.33. The lowest BCUT2D eigenvalue weighted by Crippen LogP contribution is -2.42. The van der Waals surface area contributed by atoms with Crippen molar-refractivity contribution in [1.29, 1.82) is 0 Å². The number of aromatic nitrogens is 3. The number of nitrogens with one attached hydrogen (secondary N) is 2. The quantitative estimate of drug-likeness (QED) is 0.765. The zero-order chi connectivity index (χ0) is 18.8. The van der Waals surface area contributed by atoms with Crippen LogP contribution in [0.15, 0.2) is 30.7 Å². The molecule has 138 valence electrons. The van der Waals surface area contributed by atoms with Crippen LogP contribution in [0.3, 0.4) is 0 Å². The predicted octanol–water partition coefficient (Wildman–Crippen LogP) is 0.584. The van der Waals surface area contributed by atoms with Crippen LogP contribution in [0.4, 0.5) is 4.79 Å². The third-order valence-electron chi connectivity index (χ3n) is 4.68. The minimum absolute atomic E-state index is 0.0661. The van der Waals surface area contributed by atoms with Crippen molar-refractivity contribution in [2.24, 2.45) is 0 Å². The van der Waals surface area contributed by atoms with E-state index in [0.717, 1.165) is 41.0 Å². The second kappa shape index (κ2) is 7.10. The van der Waals surface area contributed by atoms with Crippen LogP contribution in [0.2, 0.25) is 0 Å². The molecule has 0 radical (unpaired) electrons. The van der Waals surface area contributed by atoms with Crippen molar-refractivity contribution in [1.82, 2.24) is 30.5 Å². The van der Waals surface area contributed by atoms with Crippen LogP contribution in [0, 0.1) is 0 Å². The summed E-state index contributed by atoms with van der Waals surface area (Å²) >= 11 is 0. The van der Waals surface area contributed by atoms with E-state index in [4.69, 9.17) is 0 Å². The first kappa shape index (κ1) is 17.1. The Kier molecular flexibility index (Phi) is 4.49. The van der Waals surface area contributed by atoms with E-state index in [9.17, 15) is 14.4 Å². The molecule has 2 aromatic rings. The van der Waals surface area contributed by atoms with Gasteiger partial charge < -0.3 is 10.6 Å². The summed E-state index contributed by atoms with van der Waals surface area (Å²) in [7, 11) is 0. The Labute approximate surface area is 155 Å². The Morgan fingerprint density at radius 2 is 2.22 bits per heavy atom. The van der Waals surface area contributed by atoms with Crippen LogP contribution in [0.5, 0.6) is 0 Å². The van der Waals surface area contributed by atoms with Gasteiger partial charge in [0, 0.05) is 35.4 Å². The number of urea groups is 1. The molecule has 4 amide bonds. The van der Waals surface area contributed by atoms with Gasteiger partial charge in [0.15, 0.2) is 5.82 Å². The summed E-state index contributed by atoms with van der Waals surface area (Å²) in [5, 5.41) is 5.30. The maximum atomic E-state index is 12.3. The highest BCUT2D eigenvalue weighted by Crippen LogP contribution is 2.29. The smallest absolute Gasteiger partial charge is 0.325 e. The zero-order valence-electron chi connectivity index (χ0n) is 14.5. The second-order valence-electron chi connectivity index (χ2n) is 6.49. The standard InChI is InChI=1S/C18H18N6O3/c25-15(10-24-16(26)9-21-18(24)27)22-13-4-1-5-14-12(13)8-20-17(23-14)11-3-2-6-19-7-11/h2-3,6-8,13H,1,4-5,9-10H2,(H,21,27)(H,22,25). The SMILES string of the molecule is O=C(CN1C(=O)CNC1=O)NC1CCCc2nc(-c3cccnc3)ncc21. The first-order valence-corrected chi connectivity index (χ1v) is 8.75. The molecule has 1 unspecified atom stereocenters. The van der Waals surface area contributed by atoms with E-state index in [1.165, 1.54) is 0 Å². The number of hydrogen-bond acceptors (Lipinski definition) is 6. The molecule has 1 aliphatic heterocycles.